The fourth-order valence-electron chi connectivity index (χ4n) is 3.41. The lowest BCUT2D eigenvalue weighted by molar-refractivity contribution is -0.143. The van der Waals surface area contributed by atoms with Gasteiger partial charge in [-0.15, -0.1) is 0 Å². The van der Waals surface area contributed by atoms with Crippen molar-refractivity contribution in [3.8, 4) is 0 Å². The van der Waals surface area contributed by atoms with Gasteiger partial charge in [0.25, 0.3) is 0 Å². The molecule has 3 amide bonds. The topological polar surface area (TPSA) is 89.9 Å². The Morgan fingerprint density at radius 2 is 2.08 bits per heavy atom. The summed E-state index contributed by atoms with van der Waals surface area (Å²) >= 11 is 0. The van der Waals surface area contributed by atoms with Crippen LogP contribution in [0.15, 0.2) is 24.3 Å². The van der Waals surface area contributed by atoms with E-state index in [0.29, 0.717) is 32.4 Å². The molecule has 1 unspecified atom stereocenters. The maximum Gasteiger partial charge on any atom is 0.317 e. The number of nitrogens with one attached hydrogen (secondary N) is 1. The first-order chi connectivity index (χ1) is 12.0. The van der Waals surface area contributed by atoms with Crippen molar-refractivity contribution in [3.05, 3.63) is 29.8 Å². The molecule has 7 heteroatoms. The van der Waals surface area contributed by atoms with E-state index in [1.165, 1.54) is 0 Å². The molecule has 2 N–H and O–H groups in total. The van der Waals surface area contributed by atoms with E-state index in [9.17, 15) is 14.4 Å². The van der Waals surface area contributed by atoms with Crippen LogP contribution in [0.1, 0.15) is 31.2 Å². The van der Waals surface area contributed by atoms with E-state index in [0.717, 1.165) is 24.2 Å². The zero-order valence-corrected chi connectivity index (χ0v) is 14.1. The van der Waals surface area contributed by atoms with Crippen molar-refractivity contribution in [3.63, 3.8) is 0 Å². The zero-order chi connectivity index (χ0) is 17.8. The number of urea groups is 1. The molecule has 2 heterocycles. The third-order valence-corrected chi connectivity index (χ3v) is 4.80. The molecule has 1 aromatic rings. The molecule has 0 bridgehead atoms. The maximum atomic E-state index is 12.3. The molecule has 1 aromatic carbocycles. The van der Waals surface area contributed by atoms with Gasteiger partial charge < -0.3 is 20.2 Å². The van der Waals surface area contributed by atoms with Gasteiger partial charge in [0, 0.05) is 38.3 Å². The second-order valence-corrected chi connectivity index (χ2v) is 6.60. The predicted octanol–water partition coefficient (Wildman–Crippen LogP) is 1.82. The third-order valence-electron chi connectivity index (χ3n) is 4.80. The number of anilines is 1. The average Bonchev–Trinajstić information content (AvgIpc) is 3.06. The lowest BCUT2D eigenvalue weighted by Crippen LogP contribution is -2.46. The predicted molar refractivity (Wildman–Crippen MR) is 92.2 cm³/mol. The van der Waals surface area contributed by atoms with Crippen LogP contribution in [0.5, 0.6) is 0 Å². The zero-order valence-electron chi connectivity index (χ0n) is 14.1. The number of carbonyl (C=O) groups is 3. The van der Waals surface area contributed by atoms with Gasteiger partial charge in [-0.25, -0.2) is 4.79 Å². The van der Waals surface area contributed by atoms with Crippen LogP contribution in [0.4, 0.5) is 10.5 Å². The fraction of sp³-hybridized carbons (Fsp3) is 0.500. The van der Waals surface area contributed by atoms with Gasteiger partial charge in [0.05, 0.1) is 5.92 Å². The van der Waals surface area contributed by atoms with Gasteiger partial charge in [-0.2, -0.15) is 0 Å². The van der Waals surface area contributed by atoms with Crippen molar-refractivity contribution in [1.29, 1.82) is 0 Å². The monoisotopic (exact) mass is 345 g/mol. The highest BCUT2D eigenvalue weighted by Gasteiger charge is 2.28. The van der Waals surface area contributed by atoms with Crippen molar-refractivity contribution in [1.82, 2.24) is 10.2 Å². The van der Waals surface area contributed by atoms with Crippen LogP contribution >= 0.6 is 0 Å². The van der Waals surface area contributed by atoms with Crippen LogP contribution in [0.25, 0.3) is 0 Å². The summed E-state index contributed by atoms with van der Waals surface area (Å²) < 4.78 is 0. The minimum absolute atomic E-state index is 0.134. The largest absolute Gasteiger partial charge is 0.481 e. The quantitative estimate of drug-likeness (QED) is 0.871. The Morgan fingerprint density at radius 1 is 1.24 bits per heavy atom. The highest BCUT2D eigenvalue weighted by molar-refractivity contribution is 5.95. The number of aliphatic carboxylic acids is 1. The van der Waals surface area contributed by atoms with Crippen molar-refractivity contribution in [2.24, 2.45) is 5.92 Å². The maximum absolute atomic E-state index is 12.3. The molecule has 0 saturated carbocycles. The Labute approximate surface area is 146 Å². The molecule has 0 radical (unpaired) electrons. The number of amides is 3. The molecule has 3 rings (SSSR count). The molecule has 2 aliphatic heterocycles. The van der Waals surface area contributed by atoms with Crippen LogP contribution in [0.2, 0.25) is 0 Å². The lowest BCUT2D eigenvalue weighted by atomic mass is 9.99. The summed E-state index contributed by atoms with van der Waals surface area (Å²) in [6, 6.07) is 7.36. The second kappa shape index (κ2) is 7.55. The van der Waals surface area contributed by atoms with Gasteiger partial charge in [-0.1, -0.05) is 12.1 Å². The molecular weight excluding hydrogens is 322 g/mol. The first kappa shape index (κ1) is 17.3. The molecule has 2 aliphatic rings. The normalized spacial score (nSPS) is 20.6. The number of carbonyl (C=O) groups excluding carboxylic acids is 2. The smallest absolute Gasteiger partial charge is 0.317 e. The van der Waals surface area contributed by atoms with Gasteiger partial charge in [0.1, 0.15) is 0 Å². The summed E-state index contributed by atoms with van der Waals surface area (Å²) in [6.45, 7) is 1.92. The molecule has 2 fully saturated rings. The lowest BCUT2D eigenvalue weighted by Gasteiger charge is -2.30. The first-order valence-corrected chi connectivity index (χ1v) is 8.69. The first-order valence-electron chi connectivity index (χ1n) is 8.69. The molecule has 2 saturated heterocycles. The summed E-state index contributed by atoms with van der Waals surface area (Å²) in [5, 5.41) is 12.0. The van der Waals surface area contributed by atoms with E-state index in [-0.39, 0.29) is 18.5 Å². The highest BCUT2D eigenvalue weighted by Crippen LogP contribution is 2.22. The molecule has 134 valence electrons. The molecule has 0 aromatic heterocycles. The van der Waals surface area contributed by atoms with Gasteiger partial charge in [0.15, 0.2) is 0 Å². The average molecular weight is 345 g/mol. The molecule has 25 heavy (non-hydrogen) atoms. The number of carboxylic acid groups (broad SMARTS) is 1. The van der Waals surface area contributed by atoms with Crippen LogP contribution < -0.4 is 10.2 Å². The molecule has 1 atom stereocenters. The number of hydrogen-bond donors (Lipinski definition) is 2. The molecular formula is C18H23N3O4. The van der Waals surface area contributed by atoms with Gasteiger partial charge in [-0.05, 0) is 37.0 Å². The number of nitrogens with zero attached hydrogens (tertiary/aromatic N) is 2. The van der Waals surface area contributed by atoms with E-state index < -0.39 is 11.9 Å². The number of benzene rings is 1. The molecule has 7 nitrogen and oxygen atoms in total. The van der Waals surface area contributed by atoms with E-state index in [1.54, 1.807) is 9.80 Å². The van der Waals surface area contributed by atoms with E-state index in [2.05, 4.69) is 5.32 Å². The van der Waals surface area contributed by atoms with Crippen LogP contribution in [0.3, 0.4) is 0 Å². The van der Waals surface area contributed by atoms with Crippen molar-refractivity contribution >= 4 is 23.6 Å². The Hall–Kier alpha value is -2.57. The Bertz CT molecular complexity index is 676. The van der Waals surface area contributed by atoms with E-state index in [1.807, 2.05) is 24.3 Å². The standard InChI is InChI=1S/C18H23N3O4/c22-16-7-3-9-21(16)15-6-1-4-13(10-15)11-19-18(25)20-8-2-5-14(12-20)17(23)24/h1,4,6,10,14H,2-3,5,7-9,11-12H2,(H,19,25)(H,23,24). The van der Waals surface area contributed by atoms with Crippen LogP contribution in [0, 0.1) is 5.92 Å². The van der Waals surface area contributed by atoms with Crippen molar-refractivity contribution < 1.29 is 19.5 Å². The van der Waals surface area contributed by atoms with E-state index in [4.69, 9.17) is 5.11 Å². The number of rotatable bonds is 4. The number of carboxylic acids is 1. The number of piperidine rings is 1. The summed E-state index contributed by atoms with van der Waals surface area (Å²) in [4.78, 5) is 38.6. The van der Waals surface area contributed by atoms with Gasteiger partial charge in [0.2, 0.25) is 5.91 Å². The second-order valence-electron chi connectivity index (χ2n) is 6.60. The van der Waals surface area contributed by atoms with Gasteiger partial charge >= 0.3 is 12.0 Å². The van der Waals surface area contributed by atoms with Crippen LogP contribution in [-0.4, -0.2) is 47.5 Å². The molecule has 0 aliphatic carbocycles. The van der Waals surface area contributed by atoms with Crippen molar-refractivity contribution in [2.45, 2.75) is 32.2 Å². The van der Waals surface area contributed by atoms with Crippen LogP contribution in [-0.2, 0) is 16.1 Å². The Morgan fingerprint density at radius 3 is 2.80 bits per heavy atom. The third kappa shape index (κ3) is 4.10. The SMILES string of the molecule is O=C(O)C1CCCN(C(=O)NCc2cccc(N3CCCC3=O)c2)C1. The summed E-state index contributed by atoms with van der Waals surface area (Å²) in [7, 11) is 0. The van der Waals surface area contributed by atoms with E-state index >= 15 is 0 Å². The molecule has 0 spiro atoms. The minimum Gasteiger partial charge on any atom is -0.481 e. The summed E-state index contributed by atoms with van der Waals surface area (Å²) in [5.41, 5.74) is 1.77. The summed E-state index contributed by atoms with van der Waals surface area (Å²) in [5.74, 6) is -1.20. The Balaban J connectivity index is 1.57. The summed E-state index contributed by atoms with van der Waals surface area (Å²) in [6.07, 6.45) is 2.78. The Kier molecular flexibility index (Phi) is 5.21. The fourth-order valence-corrected chi connectivity index (χ4v) is 3.41. The van der Waals surface area contributed by atoms with Gasteiger partial charge in [-0.3, -0.25) is 9.59 Å². The number of hydrogen-bond acceptors (Lipinski definition) is 3. The number of likely N-dealkylation sites (tertiary alicyclic amines) is 1. The highest BCUT2D eigenvalue weighted by atomic mass is 16.4. The minimum atomic E-state index is -0.847. The van der Waals surface area contributed by atoms with Crippen molar-refractivity contribution in [2.75, 3.05) is 24.5 Å².